The molecule has 1 N–H and O–H groups in total. The van der Waals surface area contributed by atoms with Crippen LogP contribution >= 0.6 is 0 Å². The van der Waals surface area contributed by atoms with E-state index in [1.807, 2.05) is 6.92 Å². The number of carbonyl (C=O) groups is 1. The molecule has 1 amide bonds. The molecular formula is C11H15NO. The molecule has 0 spiro atoms. The van der Waals surface area contributed by atoms with Crippen LogP contribution in [-0.4, -0.2) is 6.41 Å². The summed E-state index contributed by atoms with van der Waals surface area (Å²) in [5.41, 5.74) is 3.65. The molecule has 1 aromatic rings. The van der Waals surface area contributed by atoms with Gasteiger partial charge in [-0.1, -0.05) is 23.8 Å². The molecule has 0 aliphatic rings. The van der Waals surface area contributed by atoms with Crippen LogP contribution in [-0.2, 0) is 4.79 Å². The minimum Gasteiger partial charge on any atom is -0.352 e. The second kappa shape index (κ2) is 4.08. The van der Waals surface area contributed by atoms with Gasteiger partial charge < -0.3 is 5.32 Å². The standard InChI is InChI=1S/C11H15NO/c1-8-4-5-11(9(2)6-8)10(3)12-7-13/h4-7,10H,1-3H3,(H,12,13). The third-order valence-electron chi connectivity index (χ3n) is 2.21. The predicted octanol–water partition coefficient (Wildman–Crippen LogP) is 2.11. The van der Waals surface area contributed by atoms with Crippen LogP contribution in [0.4, 0.5) is 0 Å². The highest BCUT2D eigenvalue weighted by Gasteiger charge is 2.05. The number of nitrogens with one attached hydrogen (secondary N) is 1. The van der Waals surface area contributed by atoms with E-state index in [2.05, 4.69) is 37.4 Å². The minimum atomic E-state index is 0.0955. The molecule has 0 bridgehead atoms. The molecular weight excluding hydrogens is 162 g/mol. The normalized spacial score (nSPS) is 12.2. The highest BCUT2D eigenvalue weighted by molar-refractivity contribution is 5.48. The van der Waals surface area contributed by atoms with Gasteiger partial charge in [0.15, 0.2) is 0 Å². The molecule has 0 radical (unpaired) electrons. The van der Waals surface area contributed by atoms with E-state index in [4.69, 9.17) is 0 Å². The van der Waals surface area contributed by atoms with Crippen molar-refractivity contribution in [1.29, 1.82) is 0 Å². The third-order valence-corrected chi connectivity index (χ3v) is 2.21. The molecule has 2 nitrogen and oxygen atoms in total. The van der Waals surface area contributed by atoms with E-state index in [1.165, 1.54) is 16.7 Å². The molecule has 1 unspecified atom stereocenters. The molecule has 0 aliphatic heterocycles. The van der Waals surface area contributed by atoms with Gasteiger partial charge in [0.05, 0.1) is 6.04 Å². The molecule has 70 valence electrons. The summed E-state index contributed by atoms with van der Waals surface area (Å²) >= 11 is 0. The van der Waals surface area contributed by atoms with Crippen LogP contribution in [0.15, 0.2) is 18.2 Å². The summed E-state index contributed by atoms with van der Waals surface area (Å²) in [5.74, 6) is 0. The average molecular weight is 177 g/mol. The zero-order valence-corrected chi connectivity index (χ0v) is 8.29. The van der Waals surface area contributed by atoms with Gasteiger partial charge in [0, 0.05) is 0 Å². The van der Waals surface area contributed by atoms with Crippen LogP contribution in [0.3, 0.4) is 0 Å². The Kier molecular flexibility index (Phi) is 3.07. The zero-order valence-electron chi connectivity index (χ0n) is 8.29. The number of aryl methyl sites for hydroxylation is 2. The van der Waals surface area contributed by atoms with Gasteiger partial charge in [-0.25, -0.2) is 0 Å². The highest BCUT2D eigenvalue weighted by atomic mass is 16.1. The quantitative estimate of drug-likeness (QED) is 0.704. The van der Waals surface area contributed by atoms with Gasteiger partial charge in [-0.15, -0.1) is 0 Å². The number of hydrogen-bond donors (Lipinski definition) is 1. The van der Waals surface area contributed by atoms with Crippen molar-refractivity contribution in [2.24, 2.45) is 0 Å². The molecule has 13 heavy (non-hydrogen) atoms. The molecule has 0 fully saturated rings. The fraction of sp³-hybridized carbons (Fsp3) is 0.364. The number of amides is 1. The van der Waals surface area contributed by atoms with Crippen LogP contribution in [0.2, 0.25) is 0 Å². The number of rotatable bonds is 3. The van der Waals surface area contributed by atoms with Gasteiger partial charge in [0.2, 0.25) is 6.41 Å². The van der Waals surface area contributed by atoms with Crippen molar-refractivity contribution in [2.75, 3.05) is 0 Å². The van der Waals surface area contributed by atoms with Crippen molar-refractivity contribution in [2.45, 2.75) is 26.8 Å². The lowest BCUT2D eigenvalue weighted by molar-refractivity contribution is -0.110. The highest BCUT2D eigenvalue weighted by Crippen LogP contribution is 2.17. The van der Waals surface area contributed by atoms with E-state index in [0.717, 1.165) is 6.41 Å². The lowest BCUT2D eigenvalue weighted by Crippen LogP contribution is -2.16. The molecule has 2 heteroatoms. The Bertz CT molecular complexity index is 307. The first-order chi connectivity index (χ1) is 6.15. The Morgan fingerprint density at radius 1 is 1.38 bits per heavy atom. The van der Waals surface area contributed by atoms with Crippen molar-refractivity contribution >= 4 is 6.41 Å². The summed E-state index contributed by atoms with van der Waals surface area (Å²) in [6.07, 6.45) is 0.740. The van der Waals surface area contributed by atoms with E-state index < -0.39 is 0 Å². The van der Waals surface area contributed by atoms with Crippen molar-refractivity contribution in [3.63, 3.8) is 0 Å². The van der Waals surface area contributed by atoms with Gasteiger partial charge in [-0.3, -0.25) is 4.79 Å². The molecule has 1 aromatic carbocycles. The second-order valence-electron chi connectivity index (χ2n) is 3.37. The summed E-state index contributed by atoms with van der Waals surface area (Å²) in [7, 11) is 0. The predicted molar refractivity (Wildman–Crippen MR) is 53.5 cm³/mol. The summed E-state index contributed by atoms with van der Waals surface area (Å²) in [6, 6.07) is 6.34. The van der Waals surface area contributed by atoms with E-state index in [-0.39, 0.29) is 6.04 Å². The molecule has 0 aromatic heterocycles. The summed E-state index contributed by atoms with van der Waals surface area (Å²) in [4.78, 5) is 10.3. The molecule has 0 saturated carbocycles. The fourth-order valence-corrected chi connectivity index (χ4v) is 1.50. The largest absolute Gasteiger partial charge is 0.352 e. The lowest BCUT2D eigenvalue weighted by atomic mass is 10.0. The Balaban J connectivity index is 2.94. The van der Waals surface area contributed by atoms with Crippen LogP contribution in [0, 0.1) is 13.8 Å². The van der Waals surface area contributed by atoms with E-state index in [9.17, 15) is 4.79 Å². The van der Waals surface area contributed by atoms with Crippen molar-refractivity contribution in [1.82, 2.24) is 5.32 Å². The number of carbonyl (C=O) groups excluding carboxylic acids is 1. The first-order valence-electron chi connectivity index (χ1n) is 4.42. The SMILES string of the molecule is Cc1ccc(C(C)NC=O)c(C)c1. The topological polar surface area (TPSA) is 29.1 Å². The van der Waals surface area contributed by atoms with E-state index in [1.54, 1.807) is 0 Å². The van der Waals surface area contributed by atoms with E-state index >= 15 is 0 Å². The van der Waals surface area contributed by atoms with Gasteiger partial charge in [0.1, 0.15) is 0 Å². The van der Waals surface area contributed by atoms with Crippen molar-refractivity contribution in [3.05, 3.63) is 34.9 Å². The zero-order chi connectivity index (χ0) is 9.84. The summed E-state index contributed by atoms with van der Waals surface area (Å²) in [5, 5.41) is 2.74. The van der Waals surface area contributed by atoms with Gasteiger partial charge in [-0.2, -0.15) is 0 Å². The Morgan fingerprint density at radius 2 is 2.08 bits per heavy atom. The van der Waals surface area contributed by atoms with Crippen LogP contribution in [0.25, 0.3) is 0 Å². The Labute approximate surface area is 79.0 Å². The first-order valence-corrected chi connectivity index (χ1v) is 4.42. The van der Waals surface area contributed by atoms with E-state index in [0.29, 0.717) is 0 Å². The fourth-order valence-electron chi connectivity index (χ4n) is 1.50. The molecule has 1 rings (SSSR count). The Morgan fingerprint density at radius 3 is 2.62 bits per heavy atom. The molecule has 0 heterocycles. The maximum atomic E-state index is 10.3. The summed E-state index contributed by atoms with van der Waals surface area (Å²) in [6.45, 7) is 6.10. The third kappa shape index (κ3) is 2.31. The van der Waals surface area contributed by atoms with Crippen LogP contribution in [0.1, 0.15) is 29.7 Å². The average Bonchev–Trinajstić information content (AvgIpc) is 2.04. The number of benzene rings is 1. The van der Waals surface area contributed by atoms with Crippen LogP contribution in [0.5, 0.6) is 0 Å². The second-order valence-corrected chi connectivity index (χ2v) is 3.37. The minimum absolute atomic E-state index is 0.0955. The smallest absolute Gasteiger partial charge is 0.207 e. The first kappa shape index (κ1) is 9.78. The molecule has 0 saturated heterocycles. The molecule has 0 aliphatic carbocycles. The number of hydrogen-bond acceptors (Lipinski definition) is 1. The molecule has 1 atom stereocenters. The maximum absolute atomic E-state index is 10.3. The lowest BCUT2D eigenvalue weighted by Gasteiger charge is -2.13. The van der Waals surface area contributed by atoms with Gasteiger partial charge in [-0.05, 0) is 31.9 Å². The van der Waals surface area contributed by atoms with Crippen molar-refractivity contribution < 1.29 is 4.79 Å². The maximum Gasteiger partial charge on any atom is 0.207 e. The van der Waals surface area contributed by atoms with Gasteiger partial charge >= 0.3 is 0 Å². The van der Waals surface area contributed by atoms with Crippen molar-refractivity contribution in [3.8, 4) is 0 Å². The Hall–Kier alpha value is -1.31. The monoisotopic (exact) mass is 177 g/mol. The van der Waals surface area contributed by atoms with Crippen LogP contribution < -0.4 is 5.32 Å². The van der Waals surface area contributed by atoms with Gasteiger partial charge in [0.25, 0.3) is 0 Å². The summed E-state index contributed by atoms with van der Waals surface area (Å²) < 4.78 is 0.